The molecule has 0 unspecified atom stereocenters. The third-order valence-electron chi connectivity index (χ3n) is 3.58. The second-order valence-corrected chi connectivity index (χ2v) is 5.95. The molecule has 2 aromatic carbocycles. The van der Waals surface area contributed by atoms with Gasteiger partial charge in [-0.25, -0.2) is 4.79 Å². The van der Waals surface area contributed by atoms with Gasteiger partial charge in [0.25, 0.3) is 0 Å². The molecule has 0 saturated heterocycles. The van der Waals surface area contributed by atoms with Crippen molar-refractivity contribution in [2.24, 2.45) is 0 Å². The number of hydrogen-bond donors (Lipinski definition) is 2. The summed E-state index contributed by atoms with van der Waals surface area (Å²) in [5.41, 5.74) is 3.65. The maximum absolute atomic E-state index is 12.0. The number of amides is 2. The largest absolute Gasteiger partial charge is 0.411 e. The van der Waals surface area contributed by atoms with Crippen LogP contribution in [0.3, 0.4) is 0 Å². The van der Waals surface area contributed by atoms with E-state index in [9.17, 15) is 18.0 Å². The average molecular weight is 366 g/mol. The van der Waals surface area contributed by atoms with Crippen LogP contribution in [0.4, 0.5) is 18.0 Å². The molecule has 0 aliphatic carbocycles. The van der Waals surface area contributed by atoms with E-state index in [1.165, 1.54) is 0 Å². The Kier molecular flexibility index (Phi) is 7.03. The first-order chi connectivity index (χ1) is 12.3. The van der Waals surface area contributed by atoms with Crippen molar-refractivity contribution in [1.82, 2.24) is 10.6 Å². The second kappa shape index (κ2) is 9.24. The molecule has 0 aliphatic rings. The SMILES string of the molecule is Cc1ccc(CNC(=O)NCc2ccc(COCC(F)(F)F)cc2)cc1. The van der Waals surface area contributed by atoms with Crippen molar-refractivity contribution in [2.75, 3.05) is 6.61 Å². The number of nitrogens with one attached hydrogen (secondary N) is 2. The topological polar surface area (TPSA) is 50.4 Å². The third kappa shape index (κ3) is 7.57. The van der Waals surface area contributed by atoms with E-state index in [0.29, 0.717) is 18.7 Å². The van der Waals surface area contributed by atoms with Crippen molar-refractivity contribution in [3.05, 3.63) is 70.8 Å². The summed E-state index contributed by atoms with van der Waals surface area (Å²) in [6, 6.07) is 14.4. The Labute approximate surface area is 150 Å². The van der Waals surface area contributed by atoms with Crippen molar-refractivity contribution in [3.63, 3.8) is 0 Å². The zero-order valence-corrected chi connectivity index (χ0v) is 14.4. The molecule has 26 heavy (non-hydrogen) atoms. The first-order valence-electron chi connectivity index (χ1n) is 8.11. The van der Waals surface area contributed by atoms with E-state index >= 15 is 0 Å². The van der Waals surface area contributed by atoms with Gasteiger partial charge in [-0.05, 0) is 23.6 Å². The molecule has 0 aromatic heterocycles. The van der Waals surface area contributed by atoms with Crippen LogP contribution in [0.15, 0.2) is 48.5 Å². The molecule has 0 radical (unpaired) electrons. The number of hydrogen-bond acceptors (Lipinski definition) is 2. The van der Waals surface area contributed by atoms with E-state index in [0.717, 1.165) is 16.7 Å². The molecule has 2 N–H and O–H groups in total. The number of alkyl halides is 3. The highest BCUT2D eigenvalue weighted by Crippen LogP contribution is 2.15. The number of benzene rings is 2. The summed E-state index contributed by atoms with van der Waals surface area (Å²) in [6.45, 7) is 1.38. The molecule has 0 heterocycles. The number of rotatable bonds is 7. The van der Waals surface area contributed by atoms with Crippen LogP contribution in [-0.4, -0.2) is 18.8 Å². The van der Waals surface area contributed by atoms with E-state index in [1.54, 1.807) is 24.3 Å². The minimum atomic E-state index is -4.32. The van der Waals surface area contributed by atoms with Gasteiger partial charge in [-0.15, -0.1) is 0 Å². The molecule has 0 saturated carbocycles. The Hall–Kier alpha value is -2.54. The molecule has 0 aliphatic heterocycles. The summed E-state index contributed by atoms with van der Waals surface area (Å²) >= 11 is 0. The number of carbonyl (C=O) groups is 1. The quantitative estimate of drug-likeness (QED) is 0.776. The number of ether oxygens (including phenoxy) is 1. The maximum atomic E-state index is 12.0. The zero-order valence-electron chi connectivity index (χ0n) is 14.4. The fourth-order valence-corrected chi connectivity index (χ4v) is 2.17. The molecule has 2 rings (SSSR count). The number of urea groups is 1. The van der Waals surface area contributed by atoms with Crippen LogP contribution in [0.1, 0.15) is 22.3 Å². The molecule has 0 fully saturated rings. The van der Waals surface area contributed by atoms with E-state index in [2.05, 4.69) is 15.4 Å². The molecule has 140 valence electrons. The van der Waals surface area contributed by atoms with Gasteiger partial charge < -0.3 is 15.4 Å². The van der Waals surface area contributed by atoms with Crippen molar-refractivity contribution in [3.8, 4) is 0 Å². The van der Waals surface area contributed by atoms with E-state index in [-0.39, 0.29) is 12.6 Å². The van der Waals surface area contributed by atoms with Gasteiger partial charge in [0.2, 0.25) is 0 Å². The summed E-state index contributed by atoms with van der Waals surface area (Å²) in [5.74, 6) is 0. The van der Waals surface area contributed by atoms with Gasteiger partial charge in [-0.3, -0.25) is 0 Å². The minimum Gasteiger partial charge on any atom is -0.367 e. The smallest absolute Gasteiger partial charge is 0.367 e. The van der Waals surface area contributed by atoms with Crippen LogP contribution in [0.5, 0.6) is 0 Å². The van der Waals surface area contributed by atoms with Crippen LogP contribution in [-0.2, 0) is 24.4 Å². The maximum Gasteiger partial charge on any atom is 0.411 e. The molecule has 2 aromatic rings. The van der Waals surface area contributed by atoms with Crippen molar-refractivity contribution in [2.45, 2.75) is 32.8 Å². The van der Waals surface area contributed by atoms with Crippen molar-refractivity contribution in [1.29, 1.82) is 0 Å². The van der Waals surface area contributed by atoms with Gasteiger partial charge in [-0.2, -0.15) is 13.2 Å². The van der Waals surface area contributed by atoms with Gasteiger partial charge in [0.1, 0.15) is 6.61 Å². The standard InChI is InChI=1S/C19H21F3N2O2/c1-14-2-4-15(5-3-14)10-23-18(25)24-11-16-6-8-17(9-7-16)12-26-13-19(20,21)22/h2-9H,10-13H2,1H3,(H2,23,24,25). The highest BCUT2D eigenvalue weighted by atomic mass is 19.4. The third-order valence-corrected chi connectivity index (χ3v) is 3.58. The van der Waals surface area contributed by atoms with Crippen molar-refractivity contribution >= 4 is 6.03 Å². The molecular formula is C19H21F3N2O2. The fraction of sp³-hybridized carbons (Fsp3) is 0.316. The Balaban J connectivity index is 1.69. The van der Waals surface area contributed by atoms with Gasteiger partial charge >= 0.3 is 12.2 Å². The predicted octanol–water partition coefficient (Wildman–Crippen LogP) is 4.07. The van der Waals surface area contributed by atoms with Crippen LogP contribution in [0.2, 0.25) is 0 Å². The Bertz CT molecular complexity index is 698. The lowest BCUT2D eigenvalue weighted by molar-refractivity contribution is -0.176. The first kappa shape index (κ1) is 19.8. The molecule has 2 amide bonds. The summed E-state index contributed by atoms with van der Waals surface area (Å²) in [7, 11) is 0. The fourth-order valence-electron chi connectivity index (χ4n) is 2.17. The molecule has 4 nitrogen and oxygen atoms in total. The predicted molar refractivity (Wildman–Crippen MR) is 92.4 cm³/mol. The Morgan fingerprint density at radius 1 is 0.885 bits per heavy atom. The van der Waals surface area contributed by atoms with Gasteiger partial charge in [0, 0.05) is 13.1 Å². The van der Waals surface area contributed by atoms with Crippen LogP contribution < -0.4 is 10.6 Å². The molecule has 0 atom stereocenters. The Morgan fingerprint density at radius 3 is 1.85 bits per heavy atom. The van der Waals surface area contributed by atoms with Gasteiger partial charge in [0.15, 0.2) is 0 Å². The molecule has 7 heteroatoms. The number of carbonyl (C=O) groups excluding carboxylic acids is 1. The normalized spacial score (nSPS) is 11.2. The van der Waals surface area contributed by atoms with E-state index in [1.807, 2.05) is 31.2 Å². The van der Waals surface area contributed by atoms with Crippen molar-refractivity contribution < 1.29 is 22.7 Å². The number of halogens is 3. The van der Waals surface area contributed by atoms with Gasteiger partial charge in [-0.1, -0.05) is 54.1 Å². The first-order valence-corrected chi connectivity index (χ1v) is 8.11. The lowest BCUT2D eigenvalue weighted by atomic mass is 10.1. The molecular weight excluding hydrogens is 345 g/mol. The van der Waals surface area contributed by atoms with Crippen LogP contribution >= 0.6 is 0 Å². The Morgan fingerprint density at radius 2 is 1.35 bits per heavy atom. The summed E-state index contributed by atoms with van der Waals surface area (Å²) < 4.78 is 40.6. The highest BCUT2D eigenvalue weighted by molar-refractivity contribution is 5.73. The summed E-state index contributed by atoms with van der Waals surface area (Å²) in [6.07, 6.45) is -4.32. The lowest BCUT2D eigenvalue weighted by Crippen LogP contribution is -2.34. The lowest BCUT2D eigenvalue weighted by Gasteiger charge is -2.10. The van der Waals surface area contributed by atoms with E-state index < -0.39 is 12.8 Å². The minimum absolute atomic E-state index is 0.107. The monoisotopic (exact) mass is 366 g/mol. The summed E-state index contributed by atoms with van der Waals surface area (Å²) in [4.78, 5) is 11.8. The van der Waals surface area contributed by atoms with E-state index in [4.69, 9.17) is 0 Å². The van der Waals surface area contributed by atoms with Crippen LogP contribution in [0.25, 0.3) is 0 Å². The van der Waals surface area contributed by atoms with Crippen LogP contribution in [0, 0.1) is 6.92 Å². The average Bonchev–Trinajstić information content (AvgIpc) is 2.59. The zero-order chi connectivity index (χ0) is 19.0. The highest BCUT2D eigenvalue weighted by Gasteiger charge is 2.27. The second-order valence-electron chi connectivity index (χ2n) is 5.95. The molecule has 0 spiro atoms. The number of aryl methyl sites for hydroxylation is 1. The summed E-state index contributed by atoms with van der Waals surface area (Å²) in [5, 5.41) is 5.50. The van der Waals surface area contributed by atoms with Gasteiger partial charge in [0.05, 0.1) is 6.61 Å². The molecule has 0 bridgehead atoms.